The van der Waals surface area contributed by atoms with Gasteiger partial charge in [0, 0.05) is 20.1 Å². The molecule has 5 nitrogen and oxygen atoms in total. The van der Waals surface area contributed by atoms with Gasteiger partial charge in [0.15, 0.2) is 0 Å². The fraction of sp³-hybridized carbons (Fsp3) is 0.500. The summed E-state index contributed by atoms with van der Waals surface area (Å²) in [5.41, 5.74) is -0.140. The number of nitrogens with one attached hydrogen (secondary N) is 1. The molecule has 1 atom stereocenters. The molecule has 0 aliphatic rings. The van der Waals surface area contributed by atoms with Gasteiger partial charge in [0.2, 0.25) is 0 Å². The number of alkyl halides is 3. The molecule has 0 fully saturated rings. The first-order chi connectivity index (χ1) is 11.1. The van der Waals surface area contributed by atoms with Gasteiger partial charge in [0.05, 0.1) is 11.5 Å². The Morgan fingerprint density at radius 2 is 2.00 bits per heavy atom. The van der Waals surface area contributed by atoms with Gasteiger partial charge in [-0.2, -0.15) is 13.2 Å². The number of urea groups is 1. The number of amides is 2. The van der Waals surface area contributed by atoms with Gasteiger partial charge in [-0.3, -0.25) is 4.79 Å². The van der Waals surface area contributed by atoms with Crippen molar-refractivity contribution in [1.82, 2.24) is 10.2 Å². The van der Waals surface area contributed by atoms with E-state index in [0.29, 0.717) is 24.9 Å². The smallest absolute Gasteiger partial charge is 0.416 e. The van der Waals surface area contributed by atoms with Crippen molar-refractivity contribution in [2.75, 3.05) is 20.1 Å². The van der Waals surface area contributed by atoms with Crippen molar-refractivity contribution in [3.8, 4) is 0 Å². The first kappa shape index (κ1) is 19.8. The average molecular weight is 346 g/mol. The number of aliphatic carboxylic acids is 1. The van der Waals surface area contributed by atoms with Crippen LogP contribution in [0.4, 0.5) is 18.0 Å². The molecule has 0 saturated heterocycles. The number of carboxylic acid groups (broad SMARTS) is 1. The van der Waals surface area contributed by atoms with Crippen LogP contribution in [0.3, 0.4) is 0 Å². The number of aryl methyl sites for hydroxylation is 1. The van der Waals surface area contributed by atoms with E-state index in [1.165, 1.54) is 24.9 Å². The van der Waals surface area contributed by atoms with Crippen LogP contribution < -0.4 is 5.32 Å². The van der Waals surface area contributed by atoms with Gasteiger partial charge < -0.3 is 15.3 Å². The molecule has 1 aromatic rings. The molecule has 2 N–H and O–H groups in total. The zero-order valence-electron chi connectivity index (χ0n) is 13.6. The number of rotatable bonds is 7. The Hall–Kier alpha value is -2.25. The molecule has 0 spiro atoms. The fourth-order valence-corrected chi connectivity index (χ4v) is 2.10. The summed E-state index contributed by atoms with van der Waals surface area (Å²) in [4.78, 5) is 23.8. The minimum atomic E-state index is -4.37. The minimum absolute atomic E-state index is 0.0782. The van der Waals surface area contributed by atoms with Gasteiger partial charge >= 0.3 is 18.2 Å². The van der Waals surface area contributed by atoms with Crippen molar-refractivity contribution in [2.45, 2.75) is 25.9 Å². The van der Waals surface area contributed by atoms with E-state index < -0.39 is 29.7 Å². The highest BCUT2D eigenvalue weighted by molar-refractivity contribution is 5.75. The standard InChI is InChI=1S/C16H21F3N2O3/c1-11(14(22)23)10-21(2)15(24)20-8-4-6-12-5-3-7-13(9-12)16(17,18)19/h3,5,7,9,11H,4,6,8,10H2,1-2H3,(H,20,24)(H,22,23). The van der Waals surface area contributed by atoms with Crippen LogP contribution in [0, 0.1) is 5.92 Å². The van der Waals surface area contributed by atoms with Gasteiger partial charge in [-0.15, -0.1) is 0 Å². The number of hydrogen-bond donors (Lipinski definition) is 2. The third-order valence-corrected chi connectivity index (χ3v) is 3.49. The molecule has 24 heavy (non-hydrogen) atoms. The highest BCUT2D eigenvalue weighted by atomic mass is 19.4. The third-order valence-electron chi connectivity index (χ3n) is 3.49. The molecule has 8 heteroatoms. The molecule has 0 radical (unpaired) electrons. The number of carboxylic acids is 1. The van der Waals surface area contributed by atoms with E-state index in [-0.39, 0.29) is 6.54 Å². The lowest BCUT2D eigenvalue weighted by Gasteiger charge is -2.20. The molecule has 2 amide bonds. The first-order valence-electron chi connectivity index (χ1n) is 7.49. The van der Waals surface area contributed by atoms with Crippen molar-refractivity contribution in [2.24, 2.45) is 5.92 Å². The first-order valence-corrected chi connectivity index (χ1v) is 7.49. The molecule has 0 saturated carbocycles. The predicted octanol–water partition coefficient (Wildman–Crippen LogP) is 3.00. The Kier molecular flexibility index (Phi) is 7.06. The monoisotopic (exact) mass is 346 g/mol. The van der Waals surface area contributed by atoms with Crippen LogP contribution in [-0.2, 0) is 17.4 Å². The largest absolute Gasteiger partial charge is 0.481 e. The maximum absolute atomic E-state index is 12.6. The SMILES string of the molecule is CC(CN(C)C(=O)NCCCc1cccc(C(F)(F)F)c1)C(=O)O. The molecule has 0 bridgehead atoms. The maximum Gasteiger partial charge on any atom is 0.416 e. The molecular formula is C16H21F3N2O3. The lowest BCUT2D eigenvalue weighted by Crippen LogP contribution is -2.41. The Morgan fingerprint density at radius 3 is 2.58 bits per heavy atom. The van der Waals surface area contributed by atoms with Crippen LogP contribution in [0.2, 0.25) is 0 Å². The van der Waals surface area contributed by atoms with Gasteiger partial charge in [0.25, 0.3) is 0 Å². The van der Waals surface area contributed by atoms with E-state index in [1.807, 2.05) is 0 Å². The Labute approximate surface area is 138 Å². The molecule has 1 rings (SSSR count). The van der Waals surface area contributed by atoms with Crippen molar-refractivity contribution in [1.29, 1.82) is 0 Å². The molecule has 0 aliphatic carbocycles. The number of halogens is 3. The van der Waals surface area contributed by atoms with Crippen molar-refractivity contribution in [3.05, 3.63) is 35.4 Å². The van der Waals surface area contributed by atoms with Crippen LogP contribution in [0.1, 0.15) is 24.5 Å². The van der Waals surface area contributed by atoms with Crippen molar-refractivity contribution >= 4 is 12.0 Å². The van der Waals surface area contributed by atoms with E-state index in [4.69, 9.17) is 5.11 Å². The second-order valence-electron chi connectivity index (χ2n) is 5.65. The summed E-state index contributed by atoms with van der Waals surface area (Å²) in [6, 6.07) is 4.68. The van der Waals surface area contributed by atoms with Crippen LogP contribution in [0.15, 0.2) is 24.3 Å². The fourth-order valence-electron chi connectivity index (χ4n) is 2.10. The van der Waals surface area contributed by atoms with Crippen molar-refractivity contribution in [3.63, 3.8) is 0 Å². The quantitative estimate of drug-likeness (QED) is 0.746. The highest BCUT2D eigenvalue weighted by Crippen LogP contribution is 2.29. The van der Waals surface area contributed by atoms with E-state index in [2.05, 4.69) is 5.32 Å². The molecule has 134 valence electrons. The highest BCUT2D eigenvalue weighted by Gasteiger charge is 2.30. The predicted molar refractivity (Wildman–Crippen MR) is 82.6 cm³/mol. The summed E-state index contributed by atoms with van der Waals surface area (Å²) >= 11 is 0. The zero-order valence-corrected chi connectivity index (χ0v) is 13.6. The maximum atomic E-state index is 12.6. The summed E-state index contributed by atoms with van der Waals surface area (Å²) in [7, 11) is 1.49. The lowest BCUT2D eigenvalue weighted by atomic mass is 10.1. The molecule has 0 aliphatic heterocycles. The van der Waals surface area contributed by atoms with E-state index in [0.717, 1.165) is 12.1 Å². The summed E-state index contributed by atoms with van der Waals surface area (Å²) in [5, 5.41) is 11.4. The summed E-state index contributed by atoms with van der Waals surface area (Å²) in [6.07, 6.45) is -3.48. The number of carbonyl (C=O) groups is 2. The van der Waals surface area contributed by atoms with Gasteiger partial charge in [0.1, 0.15) is 0 Å². The van der Waals surface area contributed by atoms with Crippen LogP contribution >= 0.6 is 0 Å². The minimum Gasteiger partial charge on any atom is -0.481 e. The van der Waals surface area contributed by atoms with Crippen LogP contribution in [-0.4, -0.2) is 42.1 Å². The molecule has 0 heterocycles. The lowest BCUT2D eigenvalue weighted by molar-refractivity contribution is -0.141. The van der Waals surface area contributed by atoms with Gasteiger partial charge in [-0.05, 0) is 24.5 Å². The zero-order chi connectivity index (χ0) is 18.3. The second kappa shape index (κ2) is 8.56. The normalized spacial score (nSPS) is 12.5. The molecule has 1 aromatic carbocycles. The Bertz CT molecular complexity index is 576. The number of hydrogen-bond acceptors (Lipinski definition) is 2. The number of carbonyl (C=O) groups excluding carboxylic acids is 1. The summed E-state index contributed by atoms with van der Waals surface area (Å²) < 4.78 is 37.8. The van der Waals surface area contributed by atoms with Crippen LogP contribution in [0.25, 0.3) is 0 Å². The Balaban J connectivity index is 2.38. The van der Waals surface area contributed by atoms with Crippen molar-refractivity contribution < 1.29 is 27.9 Å². The van der Waals surface area contributed by atoms with Crippen LogP contribution in [0.5, 0.6) is 0 Å². The molecular weight excluding hydrogens is 325 g/mol. The average Bonchev–Trinajstić information content (AvgIpc) is 2.50. The summed E-state index contributed by atoms with van der Waals surface area (Å²) in [6.45, 7) is 1.87. The molecule has 0 aromatic heterocycles. The summed E-state index contributed by atoms with van der Waals surface area (Å²) in [5.74, 6) is -1.66. The topological polar surface area (TPSA) is 69.6 Å². The van der Waals surface area contributed by atoms with Gasteiger partial charge in [-0.25, -0.2) is 4.79 Å². The second-order valence-corrected chi connectivity index (χ2v) is 5.65. The third kappa shape index (κ3) is 6.47. The van der Waals surface area contributed by atoms with E-state index in [9.17, 15) is 22.8 Å². The van der Waals surface area contributed by atoms with E-state index >= 15 is 0 Å². The Morgan fingerprint density at radius 1 is 1.33 bits per heavy atom. The van der Waals surface area contributed by atoms with Gasteiger partial charge in [-0.1, -0.05) is 25.1 Å². The number of benzene rings is 1. The number of nitrogens with zero attached hydrogens (tertiary/aromatic N) is 1. The van der Waals surface area contributed by atoms with E-state index in [1.54, 1.807) is 6.07 Å². The molecule has 1 unspecified atom stereocenters.